The molecule has 3 heterocycles. The maximum Gasteiger partial charge on any atom is 0.262 e. The highest BCUT2D eigenvalue weighted by molar-refractivity contribution is 7.93. The molecule has 1 amide bonds. The number of aromatic nitrogens is 2. The summed E-state index contributed by atoms with van der Waals surface area (Å²) >= 11 is 0. The number of rotatable bonds is 7. The fraction of sp³-hybridized carbons (Fsp3) is 0.357. The van der Waals surface area contributed by atoms with Crippen LogP contribution in [-0.4, -0.2) is 62.4 Å². The van der Waals surface area contributed by atoms with Crippen LogP contribution in [0.5, 0.6) is 11.5 Å². The molecule has 1 aromatic heterocycles. The van der Waals surface area contributed by atoms with E-state index in [0.717, 1.165) is 45.1 Å². The summed E-state index contributed by atoms with van der Waals surface area (Å²) in [4.78, 5) is 25.9. The first-order valence-electron chi connectivity index (χ1n) is 13.7. The van der Waals surface area contributed by atoms with Gasteiger partial charge in [-0.25, -0.2) is 22.8 Å². The van der Waals surface area contributed by atoms with Gasteiger partial charge < -0.3 is 20.3 Å². The van der Waals surface area contributed by atoms with Crippen LogP contribution >= 0.6 is 0 Å². The summed E-state index contributed by atoms with van der Waals surface area (Å²) in [6.45, 7) is 3.48. The molecule has 0 atom stereocenters. The number of sulfonamides is 1. The van der Waals surface area contributed by atoms with Gasteiger partial charge in [-0.15, -0.1) is 0 Å². The number of carbonyl (C=O) groups is 1. The molecule has 0 unspecified atom stereocenters. The van der Waals surface area contributed by atoms with Gasteiger partial charge in [0.25, 0.3) is 5.91 Å². The second-order valence-corrected chi connectivity index (χ2v) is 12.3. The van der Waals surface area contributed by atoms with Crippen molar-refractivity contribution < 1.29 is 22.3 Å². The van der Waals surface area contributed by atoms with E-state index in [2.05, 4.69) is 30.2 Å². The Balaban J connectivity index is 1.23. The van der Waals surface area contributed by atoms with Gasteiger partial charge in [-0.2, -0.15) is 5.26 Å². The Labute approximate surface area is 242 Å². The topological polar surface area (TPSA) is 153 Å². The van der Waals surface area contributed by atoms with Gasteiger partial charge in [-0.05, 0) is 43.2 Å². The van der Waals surface area contributed by atoms with Crippen LogP contribution in [0.25, 0.3) is 0 Å². The number of nitrogens with one attached hydrogen (secondary N) is 3. The van der Waals surface area contributed by atoms with E-state index in [1.165, 1.54) is 23.1 Å². The monoisotopic (exact) mass is 592 g/mol. The van der Waals surface area contributed by atoms with Crippen LogP contribution in [0.15, 0.2) is 42.7 Å². The second kappa shape index (κ2) is 11.4. The van der Waals surface area contributed by atoms with E-state index in [0.29, 0.717) is 30.2 Å². The van der Waals surface area contributed by atoms with Crippen molar-refractivity contribution >= 4 is 38.9 Å². The summed E-state index contributed by atoms with van der Waals surface area (Å²) in [5.74, 6) is -0.930. The summed E-state index contributed by atoms with van der Waals surface area (Å²) in [6.07, 6.45) is 5.88. The van der Waals surface area contributed by atoms with Crippen LogP contribution < -0.4 is 29.9 Å². The molecule has 2 fully saturated rings. The van der Waals surface area contributed by atoms with Crippen molar-refractivity contribution in [2.75, 3.05) is 52.7 Å². The Bertz CT molecular complexity index is 1650. The van der Waals surface area contributed by atoms with Gasteiger partial charge in [-0.3, -0.25) is 14.4 Å². The molecular weight excluding hydrogens is 563 g/mol. The number of anilines is 4. The third kappa shape index (κ3) is 5.40. The number of hydrogen-bond acceptors (Lipinski definition) is 10. The van der Waals surface area contributed by atoms with Gasteiger partial charge in [-0.1, -0.05) is 12.8 Å². The van der Waals surface area contributed by atoms with Gasteiger partial charge in [0.2, 0.25) is 16.0 Å². The van der Waals surface area contributed by atoms with Crippen molar-refractivity contribution in [3.05, 3.63) is 59.7 Å². The fourth-order valence-electron chi connectivity index (χ4n) is 5.40. The lowest BCUT2D eigenvalue weighted by atomic mass is 10.1. The molecule has 0 spiro atoms. The first-order chi connectivity index (χ1) is 20.3. The van der Waals surface area contributed by atoms with E-state index >= 15 is 0 Å². The Kier molecular flexibility index (Phi) is 7.53. The summed E-state index contributed by atoms with van der Waals surface area (Å²) in [5, 5.41) is 15.7. The highest BCUT2D eigenvalue weighted by Gasteiger charge is 2.31. The molecule has 12 nitrogen and oxygen atoms in total. The van der Waals surface area contributed by atoms with E-state index < -0.39 is 26.8 Å². The van der Waals surface area contributed by atoms with Gasteiger partial charge in [0.1, 0.15) is 17.4 Å². The molecule has 3 aliphatic rings. The highest BCUT2D eigenvalue weighted by atomic mass is 32.2. The average molecular weight is 593 g/mol. The Hall–Kier alpha value is -4.48. The first kappa shape index (κ1) is 27.7. The van der Waals surface area contributed by atoms with Crippen molar-refractivity contribution in [1.29, 1.82) is 5.26 Å². The number of halogens is 1. The number of benzene rings is 2. The maximum absolute atomic E-state index is 14.9. The van der Waals surface area contributed by atoms with Gasteiger partial charge in [0, 0.05) is 31.9 Å². The standard InChI is InChI=1S/C28H29FN8O4S/c29-23-6-8-25(35-42(39,40)20-3-1-2-4-20)22(14-30)26(23)41-19-5-7-24-21(13-19)27(38)37(17-34-24)18-15-32-28(33-16-18)36-11-9-31-10-12-36/h5-8,13,15-16,20,31,34-35H,1-4,9-12,17H2. The average Bonchev–Trinajstić information content (AvgIpc) is 3.57. The molecule has 2 aromatic carbocycles. The third-order valence-electron chi connectivity index (χ3n) is 7.66. The highest BCUT2D eigenvalue weighted by Crippen LogP contribution is 2.37. The zero-order valence-electron chi connectivity index (χ0n) is 22.6. The molecule has 0 bridgehead atoms. The summed E-state index contributed by atoms with van der Waals surface area (Å²) in [7, 11) is -3.76. The van der Waals surface area contributed by atoms with Crippen LogP contribution in [0.3, 0.4) is 0 Å². The molecule has 6 rings (SSSR count). The van der Waals surface area contributed by atoms with Gasteiger partial charge in [0.15, 0.2) is 11.6 Å². The minimum Gasteiger partial charge on any atom is -0.453 e. The van der Waals surface area contributed by atoms with Crippen molar-refractivity contribution in [1.82, 2.24) is 15.3 Å². The summed E-state index contributed by atoms with van der Waals surface area (Å²) in [6, 6.07) is 8.73. The van der Waals surface area contributed by atoms with E-state index in [9.17, 15) is 22.9 Å². The fourth-order valence-corrected chi connectivity index (χ4v) is 6.99. The van der Waals surface area contributed by atoms with Gasteiger partial charge in [0.05, 0.1) is 41.3 Å². The van der Waals surface area contributed by atoms with E-state index in [1.807, 2.05) is 6.07 Å². The zero-order chi connectivity index (χ0) is 29.3. The number of nitriles is 1. The summed E-state index contributed by atoms with van der Waals surface area (Å²) < 4.78 is 48.9. The Morgan fingerprint density at radius 2 is 1.83 bits per heavy atom. The van der Waals surface area contributed by atoms with Crippen LogP contribution in [-0.2, 0) is 10.0 Å². The van der Waals surface area contributed by atoms with E-state index in [4.69, 9.17) is 4.74 Å². The minimum absolute atomic E-state index is 0.0630. The van der Waals surface area contributed by atoms with Crippen LogP contribution in [0.1, 0.15) is 41.6 Å². The van der Waals surface area contributed by atoms with Crippen molar-refractivity contribution in [3.8, 4) is 17.6 Å². The van der Waals surface area contributed by atoms with Gasteiger partial charge >= 0.3 is 0 Å². The lowest BCUT2D eigenvalue weighted by molar-refractivity contribution is 0.0985. The molecule has 3 aromatic rings. The third-order valence-corrected chi connectivity index (χ3v) is 9.52. The van der Waals surface area contributed by atoms with E-state index in [1.54, 1.807) is 18.5 Å². The van der Waals surface area contributed by atoms with Crippen LogP contribution in [0.4, 0.5) is 27.4 Å². The quantitative estimate of drug-likeness (QED) is 0.372. The van der Waals surface area contributed by atoms with Crippen molar-refractivity contribution in [3.63, 3.8) is 0 Å². The van der Waals surface area contributed by atoms with Crippen molar-refractivity contribution in [2.24, 2.45) is 0 Å². The molecule has 0 radical (unpaired) electrons. The van der Waals surface area contributed by atoms with E-state index in [-0.39, 0.29) is 35.1 Å². The number of ether oxygens (including phenoxy) is 1. The summed E-state index contributed by atoms with van der Waals surface area (Å²) in [5.41, 5.74) is 0.973. The number of piperazine rings is 1. The molecule has 14 heteroatoms. The molecule has 1 saturated heterocycles. The number of carbonyl (C=O) groups excluding carboxylic acids is 1. The Morgan fingerprint density at radius 1 is 1.10 bits per heavy atom. The maximum atomic E-state index is 14.9. The number of fused-ring (bicyclic) bond motifs is 1. The van der Waals surface area contributed by atoms with Crippen LogP contribution in [0.2, 0.25) is 0 Å². The SMILES string of the molecule is N#Cc1c(NS(=O)(=O)C2CCCC2)ccc(F)c1Oc1ccc2c(c1)C(=O)N(c1cnc(N3CCNCC3)nc1)CN2. The number of nitrogens with zero attached hydrogens (tertiary/aromatic N) is 5. The molecule has 3 N–H and O–H groups in total. The van der Waals surface area contributed by atoms with Crippen LogP contribution in [0, 0.1) is 17.1 Å². The number of amides is 1. The minimum atomic E-state index is -3.76. The lowest BCUT2D eigenvalue weighted by Gasteiger charge is -2.30. The first-order valence-corrected chi connectivity index (χ1v) is 15.3. The zero-order valence-corrected chi connectivity index (χ0v) is 23.5. The molecule has 2 aliphatic heterocycles. The lowest BCUT2D eigenvalue weighted by Crippen LogP contribution is -2.44. The molecular formula is C28H29FN8O4S. The molecule has 42 heavy (non-hydrogen) atoms. The second-order valence-electron chi connectivity index (χ2n) is 10.3. The molecule has 1 saturated carbocycles. The smallest absolute Gasteiger partial charge is 0.262 e. The predicted octanol–water partition coefficient (Wildman–Crippen LogP) is 3.40. The predicted molar refractivity (Wildman–Crippen MR) is 155 cm³/mol. The normalized spacial score (nSPS) is 17.4. The van der Waals surface area contributed by atoms with Crippen molar-refractivity contribution in [2.45, 2.75) is 30.9 Å². The number of hydrogen-bond donors (Lipinski definition) is 3. The largest absolute Gasteiger partial charge is 0.453 e. The molecule has 218 valence electrons. The molecule has 1 aliphatic carbocycles. The Morgan fingerprint density at radius 3 is 2.55 bits per heavy atom.